The van der Waals surface area contributed by atoms with Crippen LogP contribution in [0.3, 0.4) is 0 Å². The minimum atomic E-state index is -0.229. The van der Waals surface area contributed by atoms with Gasteiger partial charge in [0.15, 0.2) is 11.5 Å². The number of methoxy groups -OCH3 is 3. The number of likely N-dealkylation sites (tertiary alicyclic amines) is 1. The number of fused-ring (bicyclic) bond motifs is 1. The molecule has 2 heterocycles. The Morgan fingerprint density at radius 3 is 2.35 bits per heavy atom. The summed E-state index contributed by atoms with van der Waals surface area (Å²) in [5.41, 5.74) is 1.88. The maximum absolute atomic E-state index is 12.9. The van der Waals surface area contributed by atoms with Crippen molar-refractivity contribution in [2.75, 3.05) is 46.3 Å². The van der Waals surface area contributed by atoms with Crippen molar-refractivity contribution in [3.05, 3.63) is 40.7 Å². The lowest BCUT2D eigenvalue weighted by Gasteiger charge is -2.31. The summed E-state index contributed by atoms with van der Waals surface area (Å²) >= 11 is 0. The highest BCUT2D eigenvalue weighted by molar-refractivity contribution is 5.83. The summed E-state index contributed by atoms with van der Waals surface area (Å²) in [6.45, 7) is 4.01. The molecule has 1 fully saturated rings. The molecule has 180 valence electrons. The van der Waals surface area contributed by atoms with Crippen LogP contribution < -0.4 is 25.1 Å². The number of nitrogens with one attached hydrogen (secondary N) is 2. The van der Waals surface area contributed by atoms with Gasteiger partial charge in [0.25, 0.3) is 5.56 Å². The molecule has 1 saturated heterocycles. The van der Waals surface area contributed by atoms with Gasteiger partial charge in [0.1, 0.15) is 5.82 Å². The van der Waals surface area contributed by atoms with Crippen LogP contribution in [0, 0.1) is 5.92 Å². The number of benzene rings is 2. The first-order valence-corrected chi connectivity index (χ1v) is 11.3. The highest BCUT2D eigenvalue weighted by Crippen LogP contribution is 2.40. The number of piperidine rings is 1. The van der Waals surface area contributed by atoms with E-state index < -0.39 is 0 Å². The van der Waals surface area contributed by atoms with Crippen LogP contribution in [-0.2, 0) is 4.79 Å². The second-order valence-corrected chi connectivity index (χ2v) is 8.39. The Morgan fingerprint density at radius 1 is 1.09 bits per heavy atom. The van der Waals surface area contributed by atoms with Crippen molar-refractivity contribution in [3.63, 3.8) is 0 Å². The Bertz CT molecular complexity index is 1220. The number of H-pyrrole nitrogens is 1. The Kier molecular flexibility index (Phi) is 6.90. The fourth-order valence-electron chi connectivity index (χ4n) is 4.32. The van der Waals surface area contributed by atoms with Crippen molar-refractivity contribution in [3.8, 4) is 28.6 Å². The van der Waals surface area contributed by atoms with Crippen molar-refractivity contribution in [1.29, 1.82) is 0 Å². The molecule has 0 atom stereocenters. The molecule has 2 aromatic carbocycles. The van der Waals surface area contributed by atoms with Gasteiger partial charge < -0.3 is 29.4 Å². The lowest BCUT2D eigenvalue weighted by Crippen LogP contribution is -2.38. The number of ether oxygens (including phenoxy) is 3. The first-order valence-electron chi connectivity index (χ1n) is 11.3. The molecule has 1 aromatic heterocycles. The largest absolute Gasteiger partial charge is 0.493 e. The smallest absolute Gasteiger partial charge is 0.259 e. The number of hydrogen-bond donors (Lipinski definition) is 2. The molecule has 34 heavy (non-hydrogen) atoms. The molecule has 1 amide bonds. The van der Waals surface area contributed by atoms with Gasteiger partial charge in [-0.3, -0.25) is 9.59 Å². The van der Waals surface area contributed by atoms with Gasteiger partial charge >= 0.3 is 0 Å². The van der Waals surface area contributed by atoms with Crippen LogP contribution in [0.25, 0.3) is 22.3 Å². The van der Waals surface area contributed by atoms with Crippen LogP contribution in [0.15, 0.2) is 35.1 Å². The molecule has 0 unspecified atom stereocenters. The molecule has 1 aliphatic heterocycles. The Morgan fingerprint density at radius 2 is 1.76 bits per heavy atom. The van der Waals surface area contributed by atoms with E-state index in [0.29, 0.717) is 45.5 Å². The average Bonchev–Trinajstić information content (AvgIpc) is 2.86. The first-order chi connectivity index (χ1) is 16.4. The second-order valence-electron chi connectivity index (χ2n) is 8.39. The molecule has 0 radical (unpaired) electrons. The van der Waals surface area contributed by atoms with E-state index in [1.807, 2.05) is 23.1 Å². The van der Waals surface area contributed by atoms with E-state index in [1.54, 1.807) is 33.3 Å². The number of amides is 1. The average molecular weight is 467 g/mol. The number of rotatable bonds is 7. The number of carbonyl (C=O) groups excluding carboxylic acids is 1. The predicted octanol–water partition coefficient (Wildman–Crippen LogP) is 3.29. The van der Waals surface area contributed by atoms with Gasteiger partial charge in [-0.1, -0.05) is 0 Å². The summed E-state index contributed by atoms with van der Waals surface area (Å²) in [7, 11) is 4.62. The zero-order valence-corrected chi connectivity index (χ0v) is 19.9. The van der Waals surface area contributed by atoms with Crippen molar-refractivity contribution in [2.45, 2.75) is 19.8 Å². The van der Waals surface area contributed by atoms with Crippen LogP contribution in [0.1, 0.15) is 19.8 Å². The molecule has 0 spiro atoms. The molecule has 0 aliphatic carbocycles. The van der Waals surface area contributed by atoms with Crippen molar-refractivity contribution in [2.24, 2.45) is 5.92 Å². The van der Waals surface area contributed by atoms with Gasteiger partial charge in [0, 0.05) is 37.8 Å². The summed E-state index contributed by atoms with van der Waals surface area (Å²) in [6.07, 6.45) is 1.95. The lowest BCUT2D eigenvalue weighted by atomic mass is 9.96. The molecule has 2 N–H and O–H groups in total. The lowest BCUT2D eigenvalue weighted by molar-refractivity contribution is -0.130. The second kappa shape index (κ2) is 10.0. The number of hydrogen-bond acceptors (Lipinski definition) is 7. The molecule has 9 heteroatoms. The number of aromatic amines is 1. The van der Waals surface area contributed by atoms with Crippen LogP contribution >= 0.6 is 0 Å². The third-order valence-electron chi connectivity index (χ3n) is 6.30. The maximum Gasteiger partial charge on any atom is 0.259 e. The normalized spacial score (nSPS) is 14.2. The van der Waals surface area contributed by atoms with Crippen LogP contribution in [0.4, 0.5) is 5.69 Å². The van der Waals surface area contributed by atoms with Crippen molar-refractivity contribution >= 4 is 22.5 Å². The topological polar surface area (TPSA) is 106 Å². The molecule has 9 nitrogen and oxygen atoms in total. The highest BCUT2D eigenvalue weighted by atomic mass is 16.5. The summed E-state index contributed by atoms with van der Waals surface area (Å²) in [5.74, 6) is 2.47. The van der Waals surface area contributed by atoms with E-state index in [1.165, 1.54) is 7.11 Å². The monoisotopic (exact) mass is 466 g/mol. The van der Waals surface area contributed by atoms with E-state index >= 15 is 0 Å². The van der Waals surface area contributed by atoms with Gasteiger partial charge in [-0.25, -0.2) is 4.98 Å². The van der Waals surface area contributed by atoms with E-state index in [2.05, 4.69) is 15.3 Å². The number of aromatic nitrogens is 2. The Balaban J connectivity index is 1.55. The molecular weight excluding hydrogens is 436 g/mol. The Hall–Kier alpha value is -3.75. The Labute approximate surface area is 198 Å². The maximum atomic E-state index is 12.9. The van der Waals surface area contributed by atoms with E-state index in [-0.39, 0.29) is 11.5 Å². The van der Waals surface area contributed by atoms with E-state index in [0.717, 1.165) is 38.2 Å². The predicted molar refractivity (Wildman–Crippen MR) is 131 cm³/mol. The summed E-state index contributed by atoms with van der Waals surface area (Å²) in [5, 5.41) is 3.94. The van der Waals surface area contributed by atoms with E-state index in [4.69, 9.17) is 14.2 Å². The molecule has 4 rings (SSSR count). The molecule has 0 bridgehead atoms. The van der Waals surface area contributed by atoms with Gasteiger partial charge in [-0.2, -0.15) is 0 Å². The number of carbonyl (C=O) groups is 1. The minimum absolute atomic E-state index is 0.138. The number of nitrogens with zero attached hydrogens (tertiary/aromatic N) is 2. The molecular formula is C25H30N4O5. The van der Waals surface area contributed by atoms with Gasteiger partial charge in [-0.05, 0) is 49.1 Å². The zero-order chi connectivity index (χ0) is 24.2. The fourth-order valence-corrected chi connectivity index (χ4v) is 4.32. The van der Waals surface area contributed by atoms with Gasteiger partial charge in [0.2, 0.25) is 11.7 Å². The molecule has 1 aliphatic rings. The van der Waals surface area contributed by atoms with Crippen LogP contribution in [0.2, 0.25) is 0 Å². The SMILES string of the molecule is COc1cc(-c2nc3ccc(NCC4CCN(C(C)=O)CC4)cc3c(=O)[nH]2)cc(OC)c1OC. The standard InChI is InChI=1S/C25H30N4O5/c1-15(30)29-9-7-16(8-10-29)14-26-18-5-6-20-19(13-18)25(31)28-24(27-20)17-11-21(32-2)23(34-4)22(12-17)33-3/h5-6,11-13,16,26H,7-10,14H2,1-4H3,(H,27,28,31). The summed E-state index contributed by atoms with van der Waals surface area (Å²) in [6, 6.07) is 9.09. The quantitative estimate of drug-likeness (QED) is 0.550. The highest BCUT2D eigenvalue weighted by Gasteiger charge is 2.20. The number of anilines is 1. The third kappa shape index (κ3) is 4.78. The molecule has 3 aromatic rings. The summed E-state index contributed by atoms with van der Waals surface area (Å²) in [4.78, 5) is 33.8. The first kappa shape index (κ1) is 23.4. The third-order valence-corrected chi connectivity index (χ3v) is 6.30. The van der Waals surface area contributed by atoms with Gasteiger partial charge in [0.05, 0.1) is 32.2 Å². The zero-order valence-electron chi connectivity index (χ0n) is 19.9. The van der Waals surface area contributed by atoms with E-state index in [9.17, 15) is 9.59 Å². The van der Waals surface area contributed by atoms with Crippen molar-refractivity contribution < 1.29 is 19.0 Å². The summed E-state index contributed by atoms with van der Waals surface area (Å²) < 4.78 is 16.2. The van der Waals surface area contributed by atoms with Crippen LogP contribution in [0.5, 0.6) is 17.2 Å². The molecule has 0 saturated carbocycles. The van der Waals surface area contributed by atoms with Crippen LogP contribution in [-0.4, -0.2) is 61.7 Å². The minimum Gasteiger partial charge on any atom is -0.493 e. The van der Waals surface area contributed by atoms with Crippen molar-refractivity contribution in [1.82, 2.24) is 14.9 Å². The fraction of sp³-hybridized carbons (Fsp3) is 0.400. The van der Waals surface area contributed by atoms with Gasteiger partial charge in [-0.15, -0.1) is 0 Å².